The Morgan fingerprint density at radius 2 is 2.17 bits per heavy atom. The summed E-state index contributed by atoms with van der Waals surface area (Å²) >= 11 is 0. The van der Waals surface area contributed by atoms with E-state index < -0.39 is 0 Å². The van der Waals surface area contributed by atoms with E-state index in [-0.39, 0.29) is 5.91 Å². The molecule has 1 N–H and O–H groups in total. The molecule has 30 heavy (non-hydrogen) atoms. The molecule has 0 aromatic carbocycles. The van der Waals surface area contributed by atoms with E-state index in [1.54, 1.807) is 23.2 Å². The third-order valence-electron chi connectivity index (χ3n) is 5.11. The maximum Gasteiger partial charge on any atom is 0.246 e. The lowest BCUT2D eigenvalue weighted by Gasteiger charge is -2.32. The summed E-state index contributed by atoms with van der Waals surface area (Å²) in [5.41, 5.74) is 1.86. The van der Waals surface area contributed by atoms with Crippen molar-refractivity contribution in [3.63, 3.8) is 0 Å². The third-order valence-corrected chi connectivity index (χ3v) is 5.11. The van der Waals surface area contributed by atoms with Crippen molar-refractivity contribution in [2.75, 3.05) is 18.4 Å². The van der Waals surface area contributed by atoms with E-state index in [2.05, 4.69) is 25.6 Å². The first kappa shape index (κ1) is 19.8. The number of carbonyl (C=O) groups excluding carboxylic acids is 1. The number of hydrogen-bond acceptors (Lipinski definition) is 6. The highest BCUT2D eigenvalue weighted by molar-refractivity contribution is 5.91. The van der Waals surface area contributed by atoms with Crippen LogP contribution in [0, 0.1) is 5.92 Å². The molecule has 8 nitrogen and oxygen atoms in total. The third kappa shape index (κ3) is 5.28. The Hall–Kier alpha value is -3.55. The van der Waals surface area contributed by atoms with Gasteiger partial charge in [-0.25, -0.2) is 4.98 Å². The van der Waals surface area contributed by atoms with Gasteiger partial charge in [0.15, 0.2) is 5.82 Å². The van der Waals surface area contributed by atoms with Crippen LogP contribution in [0.4, 0.5) is 11.6 Å². The maximum absolute atomic E-state index is 12.6. The lowest BCUT2D eigenvalue weighted by atomic mass is 9.93. The predicted octanol–water partition coefficient (Wildman–Crippen LogP) is 2.84. The van der Waals surface area contributed by atoms with E-state index in [9.17, 15) is 4.79 Å². The Morgan fingerprint density at radius 3 is 2.90 bits per heavy atom. The lowest BCUT2D eigenvalue weighted by Crippen LogP contribution is -2.39. The van der Waals surface area contributed by atoms with Crippen LogP contribution in [0.3, 0.4) is 0 Å². The largest absolute Gasteiger partial charge is 0.339 e. The molecule has 154 valence electrons. The Kier molecular flexibility index (Phi) is 6.12. The van der Waals surface area contributed by atoms with Gasteiger partial charge in [-0.05, 0) is 55.5 Å². The van der Waals surface area contributed by atoms with Crippen LogP contribution in [0.15, 0.2) is 55.0 Å². The van der Waals surface area contributed by atoms with Gasteiger partial charge in [0.05, 0.1) is 11.9 Å². The molecule has 0 radical (unpaired) electrons. The van der Waals surface area contributed by atoms with Gasteiger partial charge >= 0.3 is 0 Å². The van der Waals surface area contributed by atoms with Crippen molar-refractivity contribution in [2.24, 2.45) is 13.0 Å². The minimum absolute atomic E-state index is 0.0459. The molecule has 1 aliphatic heterocycles. The van der Waals surface area contributed by atoms with E-state index in [1.165, 1.54) is 0 Å². The maximum atomic E-state index is 12.6. The molecule has 4 heterocycles. The molecule has 1 saturated heterocycles. The molecule has 0 bridgehead atoms. The standard InChI is InChI=1S/C22H25N7O/c1-28-15-18(14-24-28)7-10-22(30)29-12-4-5-17(16-29)13-19-8-9-21(27-26-19)25-20-6-2-3-11-23-20/h2-3,6-11,14-15,17H,4-5,12-13,16H2,1H3,(H,23,25,27)/b10-7+. The molecule has 1 amide bonds. The second kappa shape index (κ2) is 9.30. The molecule has 1 aliphatic rings. The van der Waals surface area contributed by atoms with Gasteiger partial charge in [-0.1, -0.05) is 6.07 Å². The highest BCUT2D eigenvalue weighted by atomic mass is 16.2. The number of pyridine rings is 1. The summed E-state index contributed by atoms with van der Waals surface area (Å²) in [5, 5.41) is 15.9. The molecule has 8 heteroatoms. The molecule has 0 aliphatic carbocycles. The number of likely N-dealkylation sites (tertiary alicyclic amines) is 1. The SMILES string of the molecule is Cn1cc(/C=C/C(=O)N2CCCC(Cc3ccc(Nc4ccccn4)nn3)C2)cn1. The van der Waals surface area contributed by atoms with E-state index in [0.29, 0.717) is 11.7 Å². The molecule has 0 spiro atoms. The Morgan fingerprint density at radius 1 is 1.23 bits per heavy atom. The first-order chi connectivity index (χ1) is 14.7. The van der Waals surface area contributed by atoms with E-state index in [4.69, 9.17) is 0 Å². The number of rotatable bonds is 6. The molecule has 4 rings (SSSR count). The van der Waals surface area contributed by atoms with Gasteiger partial charge in [0, 0.05) is 44.2 Å². The number of anilines is 2. The molecule has 3 aromatic heterocycles. The van der Waals surface area contributed by atoms with Crippen molar-refractivity contribution in [1.29, 1.82) is 0 Å². The van der Waals surface area contributed by atoms with Gasteiger partial charge in [-0.15, -0.1) is 5.10 Å². The van der Waals surface area contributed by atoms with Crippen LogP contribution in [0.1, 0.15) is 24.1 Å². The minimum Gasteiger partial charge on any atom is -0.339 e. The molecular formula is C22H25N7O. The fourth-order valence-corrected chi connectivity index (χ4v) is 3.63. The van der Waals surface area contributed by atoms with Gasteiger partial charge in [-0.2, -0.15) is 10.2 Å². The number of aromatic nitrogens is 5. The van der Waals surface area contributed by atoms with Crippen LogP contribution in [0.5, 0.6) is 0 Å². The van der Waals surface area contributed by atoms with Crippen molar-refractivity contribution < 1.29 is 4.79 Å². The summed E-state index contributed by atoms with van der Waals surface area (Å²) in [4.78, 5) is 18.7. The Balaban J connectivity index is 1.31. The van der Waals surface area contributed by atoms with Gasteiger partial charge in [0.2, 0.25) is 5.91 Å². The lowest BCUT2D eigenvalue weighted by molar-refractivity contribution is -0.127. The Bertz CT molecular complexity index is 998. The molecule has 3 aromatic rings. The average Bonchev–Trinajstić information content (AvgIpc) is 3.19. The number of nitrogens with one attached hydrogen (secondary N) is 1. The monoisotopic (exact) mass is 403 g/mol. The number of aryl methyl sites for hydroxylation is 1. The summed E-state index contributed by atoms with van der Waals surface area (Å²) in [7, 11) is 1.86. The quantitative estimate of drug-likeness (QED) is 0.637. The zero-order valence-corrected chi connectivity index (χ0v) is 17.0. The van der Waals surface area contributed by atoms with Crippen molar-refractivity contribution in [2.45, 2.75) is 19.3 Å². The fraction of sp³-hybridized carbons (Fsp3) is 0.318. The van der Waals surface area contributed by atoms with Gasteiger partial charge in [-0.3, -0.25) is 9.48 Å². The van der Waals surface area contributed by atoms with Crippen LogP contribution < -0.4 is 5.32 Å². The number of amides is 1. The molecule has 1 unspecified atom stereocenters. The van der Waals surface area contributed by atoms with Gasteiger partial charge < -0.3 is 10.2 Å². The first-order valence-electron chi connectivity index (χ1n) is 10.1. The number of carbonyl (C=O) groups is 1. The second-order valence-electron chi connectivity index (χ2n) is 7.53. The van der Waals surface area contributed by atoms with E-state index in [1.807, 2.05) is 54.6 Å². The number of hydrogen-bond donors (Lipinski definition) is 1. The zero-order chi connectivity index (χ0) is 20.8. The van der Waals surface area contributed by atoms with Crippen molar-refractivity contribution >= 4 is 23.6 Å². The zero-order valence-electron chi connectivity index (χ0n) is 17.0. The van der Waals surface area contributed by atoms with Crippen molar-refractivity contribution in [1.82, 2.24) is 29.9 Å². The summed E-state index contributed by atoms with van der Waals surface area (Å²) in [6.45, 7) is 1.54. The van der Waals surface area contributed by atoms with Gasteiger partial charge in [0.1, 0.15) is 5.82 Å². The summed E-state index contributed by atoms with van der Waals surface area (Å²) in [6, 6.07) is 9.57. The van der Waals surface area contributed by atoms with E-state index >= 15 is 0 Å². The Labute approximate surface area is 175 Å². The molecule has 0 saturated carbocycles. The number of piperidine rings is 1. The normalized spacial score (nSPS) is 16.7. The summed E-state index contributed by atoms with van der Waals surface area (Å²) in [5.74, 6) is 1.83. The second-order valence-corrected chi connectivity index (χ2v) is 7.53. The minimum atomic E-state index is 0.0459. The highest BCUT2D eigenvalue weighted by Crippen LogP contribution is 2.21. The van der Waals surface area contributed by atoms with Crippen LogP contribution in [0.25, 0.3) is 6.08 Å². The summed E-state index contributed by atoms with van der Waals surface area (Å²) < 4.78 is 1.72. The van der Waals surface area contributed by atoms with E-state index in [0.717, 1.165) is 49.4 Å². The molecule has 1 atom stereocenters. The van der Waals surface area contributed by atoms with Crippen LogP contribution in [0.2, 0.25) is 0 Å². The van der Waals surface area contributed by atoms with Gasteiger partial charge in [0.25, 0.3) is 0 Å². The summed E-state index contributed by atoms with van der Waals surface area (Å²) in [6.07, 6.45) is 11.7. The fourth-order valence-electron chi connectivity index (χ4n) is 3.63. The van der Waals surface area contributed by atoms with Crippen LogP contribution in [-0.2, 0) is 18.3 Å². The van der Waals surface area contributed by atoms with Crippen LogP contribution in [-0.4, -0.2) is 48.9 Å². The van der Waals surface area contributed by atoms with Crippen LogP contribution >= 0.6 is 0 Å². The van der Waals surface area contributed by atoms with Crippen molar-refractivity contribution in [3.05, 3.63) is 66.3 Å². The molecule has 1 fully saturated rings. The average molecular weight is 403 g/mol. The first-order valence-corrected chi connectivity index (χ1v) is 10.1. The number of nitrogens with zero attached hydrogens (tertiary/aromatic N) is 6. The van der Waals surface area contributed by atoms with Crippen molar-refractivity contribution in [3.8, 4) is 0 Å². The smallest absolute Gasteiger partial charge is 0.246 e. The topological polar surface area (TPSA) is 88.8 Å². The molecular weight excluding hydrogens is 378 g/mol. The predicted molar refractivity (Wildman–Crippen MR) is 115 cm³/mol. The highest BCUT2D eigenvalue weighted by Gasteiger charge is 2.23.